The summed E-state index contributed by atoms with van der Waals surface area (Å²) in [6, 6.07) is 0. The van der Waals surface area contributed by atoms with Gasteiger partial charge in [0.15, 0.2) is 0 Å². The van der Waals surface area contributed by atoms with Gasteiger partial charge in [0.1, 0.15) is 5.78 Å². The SMILES string of the molecule is C[C@]12CC[C@H]3C(=CCC4=C3CC[C@H](O)C4)[C@@H]1CCC2=O. The maximum absolute atomic E-state index is 12.3. The third-order valence-corrected chi connectivity index (χ3v) is 6.51. The molecule has 0 radical (unpaired) electrons. The molecule has 0 bridgehead atoms. The molecule has 2 nitrogen and oxygen atoms in total. The number of carbonyl (C=O) groups is 1. The second-order valence-corrected chi connectivity index (χ2v) is 7.46. The van der Waals surface area contributed by atoms with Crippen molar-refractivity contribution in [1.82, 2.24) is 0 Å². The summed E-state index contributed by atoms with van der Waals surface area (Å²) in [6.07, 6.45) is 10.3. The van der Waals surface area contributed by atoms with Gasteiger partial charge in [-0.15, -0.1) is 0 Å². The van der Waals surface area contributed by atoms with E-state index in [-0.39, 0.29) is 11.5 Å². The Morgan fingerprint density at radius 3 is 2.95 bits per heavy atom. The molecule has 108 valence electrons. The summed E-state index contributed by atoms with van der Waals surface area (Å²) in [6.45, 7) is 2.21. The first-order valence-electron chi connectivity index (χ1n) is 8.21. The Labute approximate surface area is 120 Å². The zero-order valence-corrected chi connectivity index (χ0v) is 12.3. The van der Waals surface area contributed by atoms with Crippen LogP contribution in [0.15, 0.2) is 22.8 Å². The van der Waals surface area contributed by atoms with Crippen LogP contribution in [0.5, 0.6) is 0 Å². The van der Waals surface area contributed by atoms with E-state index in [4.69, 9.17) is 0 Å². The largest absolute Gasteiger partial charge is 0.393 e. The van der Waals surface area contributed by atoms with Gasteiger partial charge in [-0.1, -0.05) is 29.7 Å². The summed E-state index contributed by atoms with van der Waals surface area (Å²) >= 11 is 0. The molecule has 0 heterocycles. The number of aliphatic hydroxyl groups is 1. The topological polar surface area (TPSA) is 37.3 Å². The van der Waals surface area contributed by atoms with Crippen LogP contribution in [0, 0.1) is 17.3 Å². The lowest BCUT2D eigenvalue weighted by Gasteiger charge is -2.45. The van der Waals surface area contributed by atoms with Gasteiger partial charge in [-0.25, -0.2) is 0 Å². The first-order chi connectivity index (χ1) is 9.59. The van der Waals surface area contributed by atoms with Gasteiger partial charge in [-0.05, 0) is 50.9 Å². The molecule has 4 atom stereocenters. The van der Waals surface area contributed by atoms with Crippen LogP contribution < -0.4 is 0 Å². The second-order valence-electron chi connectivity index (χ2n) is 7.46. The third kappa shape index (κ3) is 1.64. The van der Waals surface area contributed by atoms with Gasteiger partial charge in [-0.3, -0.25) is 4.79 Å². The van der Waals surface area contributed by atoms with E-state index < -0.39 is 0 Å². The van der Waals surface area contributed by atoms with Crippen molar-refractivity contribution in [1.29, 1.82) is 0 Å². The van der Waals surface area contributed by atoms with Crippen LogP contribution in [0.3, 0.4) is 0 Å². The second kappa shape index (κ2) is 4.30. The fourth-order valence-corrected chi connectivity index (χ4v) is 5.33. The standard InChI is InChI=1S/C18H24O2/c1-18-9-8-14-13-5-3-12(19)10-11(13)2-4-15(14)16(18)6-7-17(18)20/h4,12,14,16,19H,2-3,5-10H2,1H3/t12-,14+,16-,18-/m0/s1. The van der Waals surface area contributed by atoms with Crippen molar-refractivity contribution >= 4 is 5.78 Å². The number of hydrogen-bond donors (Lipinski definition) is 1. The molecule has 0 aliphatic heterocycles. The van der Waals surface area contributed by atoms with Gasteiger partial charge < -0.3 is 5.11 Å². The Morgan fingerprint density at radius 2 is 2.10 bits per heavy atom. The van der Waals surface area contributed by atoms with Gasteiger partial charge in [-0.2, -0.15) is 0 Å². The lowest BCUT2D eigenvalue weighted by Crippen LogP contribution is -2.39. The van der Waals surface area contributed by atoms with E-state index in [9.17, 15) is 9.90 Å². The van der Waals surface area contributed by atoms with E-state index in [1.807, 2.05) is 0 Å². The number of hydrogen-bond acceptors (Lipinski definition) is 2. The van der Waals surface area contributed by atoms with E-state index >= 15 is 0 Å². The number of aliphatic hydroxyl groups excluding tert-OH is 1. The Morgan fingerprint density at radius 1 is 1.25 bits per heavy atom. The zero-order valence-electron chi connectivity index (χ0n) is 12.3. The summed E-state index contributed by atoms with van der Waals surface area (Å²) in [5.41, 5.74) is 4.66. The molecular formula is C18H24O2. The molecule has 0 aromatic carbocycles. The van der Waals surface area contributed by atoms with Gasteiger partial charge in [0.25, 0.3) is 0 Å². The highest BCUT2D eigenvalue weighted by molar-refractivity contribution is 5.88. The van der Waals surface area contributed by atoms with E-state index in [0.29, 0.717) is 17.6 Å². The molecule has 0 spiro atoms. The molecule has 0 amide bonds. The van der Waals surface area contributed by atoms with Gasteiger partial charge in [0.05, 0.1) is 6.10 Å². The van der Waals surface area contributed by atoms with Gasteiger partial charge in [0.2, 0.25) is 0 Å². The Balaban J connectivity index is 1.68. The van der Waals surface area contributed by atoms with Crippen LogP contribution in [0.1, 0.15) is 58.3 Å². The highest BCUT2D eigenvalue weighted by Gasteiger charge is 2.52. The first-order valence-corrected chi connectivity index (χ1v) is 8.21. The Bertz CT molecular complexity index is 528. The monoisotopic (exact) mass is 272 g/mol. The highest BCUT2D eigenvalue weighted by atomic mass is 16.3. The maximum Gasteiger partial charge on any atom is 0.139 e. The zero-order chi connectivity index (χ0) is 13.9. The lowest BCUT2D eigenvalue weighted by atomic mass is 9.58. The molecule has 4 aliphatic carbocycles. The summed E-state index contributed by atoms with van der Waals surface area (Å²) < 4.78 is 0. The first kappa shape index (κ1) is 12.8. The molecule has 0 unspecified atom stereocenters. The molecule has 20 heavy (non-hydrogen) atoms. The van der Waals surface area contributed by atoms with Crippen LogP contribution in [-0.4, -0.2) is 17.0 Å². The molecule has 2 fully saturated rings. The highest BCUT2D eigenvalue weighted by Crippen LogP contribution is 2.58. The van der Waals surface area contributed by atoms with Crippen LogP contribution in [0.4, 0.5) is 0 Å². The summed E-state index contributed by atoms with van der Waals surface area (Å²) in [4.78, 5) is 12.3. The summed E-state index contributed by atoms with van der Waals surface area (Å²) in [7, 11) is 0. The van der Waals surface area contributed by atoms with E-state index in [1.165, 1.54) is 5.57 Å². The molecule has 4 rings (SSSR count). The molecule has 4 aliphatic rings. The molecule has 1 N–H and O–H groups in total. The minimum Gasteiger partial charge on any atom is -0.393 e. The molecular weight excluding hydrogens is 248 g/mol. The van der Waals surface area contributed by atoms with E-state index in [2.05, 4.69) is 13.0 Å². The van der Waals surface area contributed by atoms with Crippen LogP contribution in [-0.2, 0) is 4.79 Å². The van der Waals surface area contributed by atoms with Crippen molar-refractivity contribution < 1.29 is 9.90 Å². The predicted molar refractivity (Wildman–Crippen MR) is 78.1 cm³/mol. The lowest BCUT2D eigenvalue weighted by molar-refractivity contribution is -0.127. The van der Waals surface area contributed by atoms with Crippen molar-refractivity contribution in [3.8, 4) is 0 Å². The number of ketones is 1. The fourth-order valence-electron chi connectivity index (χ4n) is 5.33. The molecule has 2 saturated carbocycles. The van der Waals surface area contributed by atoms with E-state index in [1.54, 1.807) is 11.1 Å². The maximum atomic E-state index is 12.3. The van der Waals surface area contributed by atoms with Gasteiger partial charge in [0, 0.05) is 17.8 Å². The number of allylic oxidation sites excluding steroid dienone is 3. The summed E-state index contributed by atoms with van der Waals surface area (Å²) in [5.74, 6) is 1.62. The van der Waals surface area contributed by atoms with Crippen molar-refractivity contribution in [2.45, 2.75) is 64.4 Å². The summed E-state index contributed by atoms with van der Waals surface area (Å²) in [5, 5.41) is 9.87. The Kier molecular flexibility index (Phi) is 2.76. The number of fused-ring (bicyclic) bond motifs is 4. The quantitative estimate of drug-likeness (QED) is 0.685. The van der Waals surface area contributed by atoms with Crippen LogP contribution >= 0.6 is 0 Å². The van der Waals surface area contributed by atoms with Crippen molar-refractivity contribution in [2.75, 3.05) is 0 Å². The normalized spacial score (nSPS) is 43.8. The van der Waals surface area contributed by atoms with Crippen molar-refractivity contribution in [2.24, 2.45) is 17.3 Å². The molecule has 0 saturated heterocycles. The minimum atomic E-state index is -0.120. The third-order valence-electron chi connectivity index (χ3n) is 6.51. The van der Waals surface area contributed by atoms with Crippen molar-refractivity contribution in [3.63, 3.8) is 0 Å². The molecule has 0 aromatic rings. The Hall–Kier alpha value is -0.890. The van der Waals surface area contributed by atoms with Crippen LogP contribution in [0.2, 0.25) is 0 Å². The van der Waals surface area contributed by atoms with Crippen LogP contribution in [0.25, 0.3) is 0 Å². The molecule has 0 aromatic heterocycles. The average Bonchev–Trinajstić information content (AvgIpc) is 2.74. The smallest absolute Gasteiger partial charge is 0.139 e. The number of carbonyl (C=O) groups excluding carboxylic acids is 1. The number of Topliss-reactive ketones (excluding diaryl/α,β-unsaturated/α-hetero) is 1. The average molecular weight is 272 g/mol. The molecule has 2 heteroatoms. The fraction of sp³-hybridized carbons (Fsp3) is 0.722. The predicted octanol–water partition coefficient (Wildman–Crippen LogP) is 3.55. The number of rotatable bonds is 0. The van der Waals surface area contributed by atoms with E-state index in [0.717, 1.165) is 51.4 Å². The van der Waals surface area contributed by atoms with Gasteiger partial charge >= 0.3 is 0 Å². The minimum absolute atomic E-state index is 0.0609. The van der Waals surface area contributed by atoms with Crippen molar-refractivity contribution in [3.05, 3.63) is 22.8 Å².